The highest BCUT2D eigenvalue weighted by molar-refractivity contribution is 7.84. The Morgan fingerprint density at radius 2 is 2.10 bits per heavy atom. The molecular weight excluding hydrogens is 296 g/mol. The molecule has 1 aromatic heterocycles. The molecule has 0 aromatic carbocycles. The Hall–Kier alpha value is -1.83. The number of furan rings is 1. The van der Waals surface area contributed by atoms with E-state index in [9.17, 15) is 13.8 Å². The Balaban J connectivity index is 2.35. The molecule has 7 nitrogen and oxygen atoms in total. The number of aromatic carboxylic acids is 1. The number of aryl methyl sites for hydroxylation is 1. The number of hydrogen-bond acceptors (Lipinski definition) is 4. The van der Waals surface area contributed by atoms with E-state index in [1.165, 1.54) is 6.07 Å². The zero-order valence-corrected chi connectivity index (χ0v) is 13.1. The van der Waals surface area contributed by atoms with Crippen molar-refractivity contribution < 1.29 is 23.3 Å². The largest absolute Gasteiger partial charge is 0.478 e. The molecule has 1 rings (SSSR count). The van der Waals surface area contributed by atoms with Gasteiger partial charge >= 0.3 is 12.0 Å². The van der Waals surface area contributed by atoms with Crippen LogP contribution in [0.3, 0.4) is 0 Å². The minimum absolute atomic E-state index is 0.0242. The third-order valence-electron chi connectivity index (χ3n) is 3.03. The second kappa shape index (κ2) is 7.82. The van der Waals surface area contributed by atoms with Crippen LogP contribution < -0.4 is 10.6 Å². The lowest BCUT2D eigenvalue weighted by atomic mass is 10.2. The van der Waals surface area contributed by atoms with Gasteiger partial charge < -0.3 is 20.2 Å². The molecule has 8 heteroatoms. The summed E-state index contributed by atoms with van der Waals surface area (Å²) in [6, 6.07) is 1.01. The predicted octanol–water partition coefficient (Wildman–Crippen LogP) is 1.24. The van der Waals surface area contributed by atoms with Crippen LogP contribution >= 0.6 is 0 Å². The topological polar surface area (TPSA) is 109 Å². The summed E-state index contributed by atoms with van der Waals surface area (Å²) in [7, 11) is -0.905. The summed E-state index contributed by atoms with van der Waals surface area (Å²) < 4.78 is 16.4. The Labute approximate surface area is 125 Å². The van der Waals surface area contributed by atoms with E-state index in [-0.39, 0.29) is 23.4 Å². The number of rotatable bonds is 7. The molecule has 0 bridgehead atoms. The van der Waals surface area contributed by atoms with E-state index < -0.39 is 16.8 Å². The number of carbonyl (C=O) groups is 2. The molecule has 2 amide bonds. The molecule has 1 heterocycles. The fourth-order valence-electron chi connectivity index (χ4n) is 1.63. The van der Waals surface area contributed by atoms with E-state index in [2.05, 4.69) is 10.6 Å². The lowest BCUT2D eigenvalue weighted by Gasteiger charge is -2.09. The molecule has 0 saturated carbocycles. The lowest BCUT2D eigenvalue weighted by molar-refractivity contribution is 0.0695. The van der Waals surface area contributed by atoms with Crippen molar-refractivity contribution in [2.45, 2.75) is 32.1 Å². The first-order valence-electron chi connectivity index (χ1n) is 6.47. The Bertz CT molecular complexity index is 541. The average molecular weight is 316 g/mol. The number of amides is 2. The molecule has 2 unspecified atom stereocenters. The number of urea groups is 1. The van der Waals surface area contributed by atoms with Crippen LogP contribution in [0.15, 0.2) is 10.5 Å². The van der Waals surface area contributed by atoms with Gasteiger partial charge in [-0.1, -0.05) is 6.92 Å². The van der Waals surface area contributed by atoms with Gasteiger partial charge in [0.1, 0.15) is 17.1 Å². The molecule has 1 aromatic rings. The predicted molar refractivity (Wildman–Crippen MR) is 78.8 cm³/mol. The third kappa shape index (κ3) is 5.58. The fraction of sp³-hybridized carbons (Fsp3) is 0.538. The Kier molecular flexibility index (Phi) is 6.41. The van der Waals surface area contributed by atoms with Crippen molar-refractivity contribution in [1.29, 1.82) is 0 Å². The minimum atomic E-state index is -1.06. The van der Waals surface area contributed by atoms with Crippen molar-refractivity contribution in [3.05, 3.63) is 23.2 Å². The average Bonchev–Trinajstić information content (AvgIpc) is 2.77. The summed E-state index contributed by atoms with van der Waals surface area (Å²) in [6.07, 6.45) is 2.25. The first-order chi connectivity index (χ1) is 9.81. The molecule has 0 saturated heterocycles. The minimum Gasteiger partial charge on any atom is -0.478 e. The highest BCUT2D eigenvalue weighted by Gasteiger charge is 2.14. The molecule has 0 spiro atoms. The van der Waals surface area contributed by atoms with Crippen LogP contribution in [0.4, 0.5) is 4.79 Å². The highest BCUT2D eigenvalue weighted by atomic mass is 32.2. The van der Waals surface area contributed by atoms with Gasteiger partial charge in [-0.15, -0.1) is 0 Å². The molecular formula is C13H20N2O5S. The van der Waals surface area contributed by atoms with Crippen molar-refractivity contribution in [2.75, 3.05) is 12.8 Å². The van der Waals surface area contributed by atoms with Gasteiger partial charge in [0.2, 0.25) is 0 Å². The number of nitrogens with one attached hydrogen (secondary N) is 2. The maximum absolute atomic E-state index is 11.5. The summed E-state index contributed by atoms with van der Waals surface area (Å²) in [5.41, 5.74) is 0.0893. The van der Waals surface area contributed by atoms with Crippen molar-refractivity contribution >= 4 is 22.8 Å². The lowest BCUT2D eigenvalue weighted by Crippen LogP contribution is -2.36. The molecule has 0 radical (unpaired) electrons. The summed E-state index contributed by atoms with van der Waals surface area (Å²) >= 11 is 0. The van der Waals surface area contributed by atoms with Crippen LogP contribution in [0, 0.1) is 6.92 Å². The maximum Gasteiger partial charge on any atom is 0.339 e. The van der Waals surface area contributed by atoms with Crippen molar-refractivity contribution in [3.63, 3.8) is 0 Å². The second-order valence-corrected chi connectivity index (χ2v) is 6.50. The van der Waals surface area contributed by atoms with Gasteiger partial charge in [0, 0.05) is 28.9 Å². The van der Waals surface area contributed by atoms with E-state index in [0.717, 1.165) is 0 Å². The molecule has 0 aliphatic rings. The normalized spacial score (nSPS) is 13.5. The van der Waals surface area contributed by atoms with Gasteiger partial charge in [-0.05, 0) is 19.4 Å². The van der Waals surface area contributed by atoms with Crippen LogP contribution in [-0.2, 0) is 17.3 Å². The molecule has 0 fully saturated rings. The number of carboxylic acids is 1. The van der Waals surface area contributed by atoms with Crippen LogP contribution in [0.25, 0.3) is 0 Å². The van der Waals surface area contributed by atoms with Gasteiger partial charge in [-0.3, -0.25) is 4.21 Å². The van der Waals surface area contributed by atoms with Gasteiger partial charge in [-0.2, -0.15) is 0 Å². The van der Waals surface area contributed by atoms with E-state index >= 15 is 0 Å². The quantitative estimate of drug-likeness (QED) is 0.701. The van der Waals surface area contributed by atoms with E-state index in [1.54, 1.807) is 13.2 Å². The smallest absolute Gasteiger partial charge is 0.339 e. The summed E-state index contributed by atoms with van der Waals surface area (Å²) in [6.45, 7) is 3.94. The van der Waals surface area contributed by atoms with Crippen LogP contribution in [-0.4, -0.2) is 39.4 Å². The van der Waals surface area contributed by atoms with Crippen molar-refractivity contribution in [3.8, 4) is 0 Å². The van der Waals surface area contributed by atoms with Gasteiger partial charge in [0.25, 0.3) is 0 Å². The van der Waals surface area contributed by atoms with Crippen molar-refractivity contribution in [1.82, 2.24) is 10.6 Å². The zero-order valence-electron chi connectivity index (χ0n) is 12.3. The molecule has 0 aliphatic heterocycles. The van der Waals surface area contributed by atoms with Gasteiger partial charge in [-0.25, -0.2) is 9.59 Å². The Morgan fingerprint density at radius 1 is 1.43 bits per heavy atom. The number of carboxylic acid groups (broad SMARTS) is 1. The summed E-state index contributed by atoms with van der Waals surface area (Å²) in [5.74, 6) is -0.379. The van der Waals surface area contributed by atoms with Gasteiger partial charge in [0.05, 0.1) is 6.54 Å². The molecule has 3 N–H and O–H groups in total. The zero-order chi connectivity index (χ0) is 16.0. The second-order valence-electron chi connectivity index (χ2n) is 4.70. The summed E-state index contributed by atoms with van der Waals surface area (Å²) in [5, 5.41) is 14.1. The standard InChI is InChI=1S/C13H20N2O5S/c1-8(21(3)19)4-5-14-13(18)15-7-10-6-11(12(16)17)9(2)20-10/h6,8H,4-5,7H2,1-3H3,(H,16,17)(H2,14,15,18). The van der Waals surface area contributed by atoms with Crippen LogP contribution in [0.2, 0.25) is 0 Å². The third-order valence-corrected chi connectivity index (χ3v) is 4.39. The van der Waals surface area contributed by atoms with Crippen LogP contribution in [0.1, 0.15) is 35.2 Å². The fourth-order valence-corrected chi connectivity index (χ4v) is 2.08. The SMILES string of the molecule is Cc1oc(CNC(=O)NCCC(C)S(C)=O)cc1C(=O)O. The van der Waals surface area contributed by atoms with E-state index in [1.807, 2.05) is 6.92 Å². The van der Waals surface area contributed by atoms with E-state index in [0.29, 0.717) is 24.5 Å². The number of carbonyl (C=O) groups excluding carboxylic acids is 1. The maximum atomic E-state index is 11.5. The van der Waals surface area contributed by atoms with Gasteiger partial charge in [0.15, 0.2) is 0 Å². The molecule has 2 atom stereocenters. The monoisotopic (exact) mass is 316 g/mol. The highest BCUT2D eigenvalue weighted by Crippen LogP contribution is 2.14. The van der Waals surface area contributed by atoms with E-state index in [4.69, 9.17) is 9.52 Å². The first kappa shape index (κ1) is 17.2. The molecule has 21 heavy (non-hydrogen) atoms. The summed E-state index contributed by atoms with van der Waals surface area (Å²) in [4.78, 5) is 22.4. The molecule has 118 valence electrons. The number of hydrogen-bond donors (Lipinski definition) is 3. The Morgan fingerprint density at radius 3 is 2.62 bits per heavy atom. The first-order valence-corrected chi connectivity index (χ1v) is 8.10. The molecule has 0 aliphatic carbocycles. The van der Waals surface area contributed by atoms with Crippen LogP contribution in [0.5, 0.6) is 0 Å². The van der Waals surface area contributed by atoms with Crippen molar-refractivity contribution in [2.24, 2.45) is 0 Å².